The van der Waals surface area contributed by atoms with Crippen LogP contribution in [0.25, 0.3) is 11.1 Å². The third-order valence-electron chi connectivity index (χ3n) is 6.23. The van der Waals surface area contributed by atoms with Crippen LogP contribution >= 0.6 is 0 Å². The minimum atomic E-state index is -0.102. The van der Waals surface area contributed by atoms with Crippen LogP contribution in [0.15, 0.2) is 42.5 Å². The van der Waals surface area contributed by atoms with E-state index < -0.39 is 0 Å². The molecule has 0 unspecified atom stereocenters. The molecule has 2 aliphatic heterocycles. The maximum absolute atomic E-state index is 12.5. The van der Waals surface area contributed by atoms with E-state index in [0.717, 1.165) is 22.4 Å². The number of likely N-dealkylation sites (tertiary alicyclic amines) is 1. The zero-order valence-electron chi connectivity index (χ0n) is 18.0. The summed E-state index contributed by atoms with van der Waals surface area (Å²) in [6, 6.07) is 13.6. The predicted molar refractivity (Wildman–Crippen MR) is 118 cm³/mol. The lowest BCUT2D eigenvalue weighted by Gasteiger charge is -2.30. The van der Waals surface area contributed by atoms with E-state index in [1.807, 2.05) is 36.4 Å². The smallest absolute Gasteiger partial charge is 0.223 e. The van der Waals surface area contributed by atoms with Crippen molar-refractivity contribution in [2.75, 3.05) is 19.6 Å². The molecule has 0 saturated carbocycles. The number of nitrogens with zero attached hydrogens (tertiary/aromatic N) is 1. The maximum atomic E-state index is 12.5. The zero-order valence-corrected chi connectivity index (χ0v) is 18.0. The number of hydrogen-bond acceptors (Lipinski definition) is 4. The molecule has 2 amide bonds. The molecule has 1 atom stereocenters. The third-order valence-corrected chi connectivity index (χ3v) is 6.23. The average Bonchev–Trinajstić information content (AvgIpc) is 3.19. The normalized spacial score (nSPS) is 18.3. The van der Waals surface area contributed by atoms with Gasteiger partial charge < -0.3 is 15.0 Å². The second kappa shape index (κ2) is 8.92. The van der Waals surface area contributed by atoms with Gasteiger partial charge >= 0.3 is 0 Å². The van der Waals surface area contributed by atoms with Crippen molar-refractivity contribution in [1.29, 1.82) is 0 Å². The molecule has 162 valence electrons. The highest BCUT2D eigenvalue weighted by Gasteiger charge is 2.28. The highest BCUT2D eigenvalue weighted by Crippen LogP contribution is 2.34. The van der Waals surface area contributed by atoms with Gasteiger partial charge in [0.1, 0.15) is 11.9 Å². The molecule has 31 heavy (non-hydrogen) atoms. The van der Waals surface area contributed by atoms with Crippen LogP contribution in [-0.4, -0.2) is 48.2 Å². The second-order valence-electron chi connectivity index (χ2n) is 8.39. The summed E-state index contributed by atoms with van der Waals surface area (Å²) in [5.41, 5.74) is 3.72. The molecule has 4 rings (SSSR count). The molecule has 1 saturated heterocycles. The van der Waals surface area contributed by atoms with Gasteiger partial charge in [0.2, 0.25) is 11.8 Å². The standard InChI is InChI=1S/C25H28N2O4/c1-16(28)22-5-3-4-6-23(22)19-7-8-24-20(13-19)14-21(31-24)15-26-25(30)18-9-11-27(12-10-18)17(2)29/h3-8,13,18,21H,9-12,14-15H2,1-2H3,(H,26,30)/t21-/m1/s1. The lowest BCUT2D eigenvalue weighted by Crippen LogP contribution is -2.44. The average molecular weight is 421 g/mol. The first-order valence-electron chi connectivity index (χ1n) is 10.9. The van der Waals surface area contributed by atoms with Gasteiger partial charge in [-0.25, -0.2) is 0 Å². The number of fused-ring (bicyclic) bond motifs is 1. The van der Waals surface area contributed by atoms with E-state index in [1.165, 1.54) is 0 Å². The highest BCUT2D eigenvalue weighted by atomic mass is 16.5. The molecule has 0 aliphatic carbocycles. The van der Waals surface area contributed by atoms with E-state index >= 15 is 0 Å². The molecule has 6 nitrogen and oxygen atoms in total. The summed E-state index contributed by atoms with van der Waals surface area (Å²) in [6.45, 7) is 4.89. The number of piperidine rings is 1. The first-order valence-corrected chi connectivity index (χ1v) is 10.9. The largest absolute Gasteiger partial charge is 0.488 e. The summed E-state index contributed by atoms with van der Waals surface area (Å²) >= 11 is 0. The number of Topliss-reactive ketones (excluding diaryl/α,β-unsaturated/α-hetero) is 1. The van der Waals surface area contributed by atoms with E-state index in [2.05, 4.69) is 11.4 Å². The number of ether oxygens (including phenoxy) is 1. The van der Waals surface area contributed by atoms with Crippen LogP contribution in [0.2, 0.25) is 0 Å². The van der Waals surface area contributed by atoms with Crippen molar-refractivity contribution in [2.45, 2.75) is 39.2 Å². The number of hydrogen-bond donors (Lipinski definition) is 1. The summed E-state index contributed by atoms with van der Waals surface area (Å²) in [6.07, 6.45) is 2.02. The zero-order chi connectivity index (χ0) is 22.0. The summed E-state index contributed by atoms with van der Waals surface area (Å²) < 4.78 is 6.03. The Morgan fingerprint density at radius 2 is 1.81 bits per heavy atom. The first kappa shape index (κ1) is 21.1. The summed E-state index contributed by atoms with van der Waals surface area (Å²) in [4.78, 5) is 37.7. The van der Waals surface area contributed by atoms with Gasteiger partial charge in [-0.2, -0.15) is 0 Å². The summed E-state index contributed by atoms with van der Waals surface area (Å²) in [5, 5.41) is 3.03. The van der Waals surface area contributed by atoms with E-state index in [4.69, 9.17) is 4.74 Å². The minimum absolute atomic E-state index is 0.0406. The molecule has 1 N–H and O–H groups in total. The Kier molecular flexibility index (Phi) is 6.07. The van der Waals surface area contributed by atoms with Crippen molar-refractivity contribution in [2.24, 2.45) is 5.92 Å². The second-order valence-corrected chi connectivity index (χ2v) is 8.39. The fourth-order valence-electron chi connectivity index (χ4n) is 4.46. The quantitative estimate of drug-likeness (QED) is 0.754. The molecule has 1 fully saturated rings. The fourth-order valence-corrected chi connectivity index (χ4v) is 4.46. The Morgan fingerprint density at radius 1 is 1.06 bits per heavy atom. The Balaban J connectivity index is 1.35. The number of ketones is 1. The molecule has 2 heterocycles. The Labute approximate surface area is 182 Å². The van der Waals surface area contributed by atoms with Gasteiger partial charge in [0, 0.05) is 37.9 Å². The molecule has 6 heteroatoms. The Morgan fingerprint density at radius 3 is 2.52 bits per heavy atom. The van der Waals surface area contributed by atoms with E-state index in [9.17, 15) is 14.4 Å². The number of amides is 2. The van der Waals surface area contributed by atoms with Crippen molar-refractivity contribution in [1.82, 2.24) is 10.2 Å². The van der Waals surface area contributed by atoms with Crippen LogP contribution in [0.3, 0.4) is 0 Å². The number of carbonyl (C=O) groups excluding carboxylic acids is 3. The number of rotatable bonds is 5. The van der Waals surface area contributed by atoms with Crippen LogP contribution in [0.1, 0.15) is 42.6 Å². The predicted octanol–water partition coefficient (Wildman–Crippen LogP) is 3.23. The molecule has 0 bridgehead atoms. The summed E-state index contributed by atoms with van der Waals surface area (Å²) in [7, 11) is 0. The molecule has 0 spiro atoms. The third kappa shape index (κ3) is 4.63. The van der Waals surface area contributed by atoms with Gasteiger partial charge in [0.05, 0.1) is 6.54 Å². The summed E-state index contributed by atoms with van der Waals surface area (Å²) in [5.74, 6) is 0.939. The van der Waals surface area contributed by atoms with Crippen molar-refractivity contribution in [3.05, 3.63) is 53.6 Å². The molecular weight excluding hydrogens is 392 g/mol. The lowest BCUT2D eigenvalue weighted by molar-refractivity contribution is -0.134. The van der Waals surface area contributed by atoms with E-state index in [0.29, 0.717) is 44.5 Å². The first-order chi connectivity index (χ1) is 14.9. The molecule has 2 aromatic carbocycles. The SMILES string of the molecule is CC(=O)c1ccccc1-c1ccc2c(c1)C[C@H](CNC(=O)C1CCN(C(C)=O)CC1)O2. The lowest BCUT2D eigenvalue weighted by atomic mass is 9.95. The minimum Gasteiger partial charge on any atom is -0.488 e. The van der Waals surface area contributed by atoms with Crippen LogP contribution in [0, 0.1) is 5.92 Å². The fraction of sp³-hybridized carbons (Fsp3) is 0.400. The molecule has 0 aromatic heterocycles. The molecule has 2 aliphatic rings. The number of nitrogens with one attached hydrogen (secondary N) is 1. The van der Waals surface area contributed by atoms with Crippen LogP contribution in [-0.2, 0) is 16.0 Å². The monoisotopic (exact) mass is 420 g/mol. The van der Waals surface area contributed by atoms with Gasteiger partial charge in [-0.15, -0.1) is 0 Å². The van der Waals surface area contributed by atoms with Gasteiger partial charge in [-0.1, -0.05) is 30.3 Å². The van der Waals surface area contributed by atoms with Crippen LogP contribution in [0.5, 0.6) is 5.75 Å². The molecular formula is C25H28N2O4. The topological polar surface area (TPSA) is 75.7 Å². The van der Waals surface area contributed by atoms with Crippen molar-refractivity contribution >= 4 is 17.6 Å². The van der Waals surface area contributed by atoms with Gasteiger partial charge in [-0.3, -0.25) is 14.4 Å². The van der Waals surface area contributed by atoms with Crippen molar-refractivity contribution in [3.8, 4) is 16.9 Å². The van der Waals surface area contributed by atoms with E-state index in [-0.39, 0.29) is 29.6 Å². The van der Waals surface area contributed by atoms with Gasteiger partial charge in [-0.05, 0) is 48.6 Å². The Hall–Kier alpha value is -3.15. The highest BCUT2D eigenvalue weighted by molar-refractivity contribution is 6.00. The number of benzene rings is 2. The number of carbonyl (C=O) groups is 3. The van der Waals surface area contributed by atoms with Gasteiger partial charge in [0.25, 0.3) is 0 Å². The maximum Gasteiger partial charge on any atom is 0.223 e. The van der Waals surface area contributed by atoms with Crippen LogP contribution < -0.4 is 10.1 Å². The van der Waals surface area contributed by atoms with Gasteiger partial charge in [0.15, 0.2) is 5.78 Å². The molecule has 2 aromatic rings. The van der Waals surface area contributed by atoms with Crippen molar-refractivity contribution in [3.63, 3.8) is 0 Å². The van der Waals surface area contributed by atoms with E-state index in [1.54, 1.807) is 18.7 Å². The molecule has 0 radical (unpaired) electrons. The van der Waals surface area contributed by atoms with Crippen molar-refractivity contribution < 1.29 is 19.1 Å². The van der Waals surface area contributed by atoms with Crippen LogP contribution in [0.4, 0.5) is 0 Å². The Bertz CT molecular complexity index is 1010.